The highest BCUT2D eigenvalue weighted by Gasteiger charge is 2.18. The minimum Gasteiger partial charge on any atom is -0.486 e. The van der Waals surface area contributed by atoms with Crippen LogP contribution in [0.3, 0.4) is 0 Å². The smallest absolute Gasteiger partial charge is 0.220 e. The van der Waals surface area contributed by atoms with E-state index in [4.69, 9.17) is 9.47 Å². The van der Waals surface area contributed by atoms with Crippen LogP contribution in [-0.2, 0) is 4.79 Å². The Morgan fingerprint density at radius 3 is 2.46 bits per heavy atom. The Labute approximate surface area is 153 Å². The highest BCUT2D eigenvalue weighted by atomic mass is 16.6. The molecule has 2 aromatic rings. The summed E-state index contributed by atoms with van der Waals surface area (Å²) in [4.78, 5) is 24.4. The van der Waals surface area contributed by atoms with Gasteiger partial charge in [0.15, 0.2) is 17.3 Å². The van der Waals surface area contributed by atoms with Crippen LogP contribution in [0, 0.1) is 0 Å². The first-order chi connectivity index (χ1) is 12.7. The maximum Gasteiger partial charge on any atom is 0.220 e. The maximum atomic E-state index is 12.3. The summed E-state index contributed by atoms with van der Waals surface area (Å²) in [6.45, 7) is 3.09. The lowest BCUT2D eigenvalue weighted by Crippen LogP contribution is -2.28. The molecule has 1 amide bonds. The van der Waals surface area contributed by atoms with Crippen LogP contribution in [-0.4, -0.2) is 24.9 Å². The average molecular weight is 353 g/mol. The Balaban J connectivity index is 1.57. The third kappa shape index (κ3) is 4.42. The Morgan fingerprint density at radius 1 is 1.00 bits per heavy atom. The number of hydrogen-bond acceptors (Lipinski definition) is 4. The number of rotatable bonds is 7. The first-order valence-corrected chi connectivity index (χ1v) is 8.94. The Hall–Kier alpha value is -2.82. The first kappa shape index (κ1) is 18.0. The summed E-state index contributed by atoms with van der Waals surface area (Å²) in [5.74, 6) is 1.29. The fourth-order valence-electron chi connectivity index (χ4n) is 2.96. The van der Waals surface area contributed by atoms with Crippen molar-refractivity contribution in [2.45, 2.75) is 32.2 Å². The van der Waals surface area contributed by atoms with E-state index in [9.17, 15) is 9.59 Å². The molecule has 3 rings (SSSR count). The number of nitrogens with one attached hydrogen (secondary N) is 1. The average Bonchev–Trinajstić information content (AvgIpc) is 2.70. The van der Waals surface area contributed by atoms with Crippen LogP contribution >= 0.6 is 0 Å². The van der Waals surface area contributed by atoms with E-state index in [2.05, 4.69) is 5.32 Å². The van der Waals surface area contributed by atoms with Crippen LogP contribution in [0.25, 0.3) is 0 Å². The molecule has 0 aromatic heterocycles. The number of Topliss-reactive ketones (excluding diaryl/α,β-unsaturated/α-hetero) is 1. The maximum absolute atomic E-state index is 12.3. The Kier molecular flexibility index (Phi) is 5.89. The second-order valence-electron chi connectivity index (χ2n) is 6.22. The van der Waals surface area contributed by atoms with E-state index in [-0.39, 0.29) is 30.6 Å². The molecule has 5 nitrogen and oxygen atoms in total. The second-order valence-corrected chi connectivity index (χ2v) is 6.22. The molecule has 1 unspecified atom stereocenters. The highest BCUT2D eigenvalue weighted by Crippen LogP contribution is 2.33. The second kappa shape index (κ2) is 8.52. The molecule has 2 aromatic carbocycles. The highest BCUT2D eigenvalue weighted by molar-refractivity contribution is 5.97. The van der Waals surface area contributed by atoms with Gasteiger partial charge in [-0.2, -0.15) is 0 Å². The van der Waals surface area contributed by atoms with Crippen LogP contribution in [0.1, 0.15) is 48.1 Å². The molecular weight excluding hydrogens is 330 g/mol. The van der Waals surface area contributed by atoms with Gasteiger partial charge in [0.25, 0.3) is 0 Å². The summed E-state index contributed by atoms with van der Waals surface area (Å²) >= 11 is 0. The Morgan fingerprint density at radius 2 is 1.73 bits per heavy atom. The molecule has 0 bridgehead atoms. The van der Waals surface area contributed by atoms with Crippen LogP contribution < -0.4 is 14.8 Å². The van der Waals surface area contributed by atoms with E-state index in [0.29, 0.717) is 24.5 Å². The number of ether oxygens (including phenoxy) is 2. The summed E-state index contributed by atoms with van der Waals surface area (Å²) in [7, 11) is 0. The molecular formula is C21H23NO4. The van der Waals surface area contributed by atoms with Crippen molar-refractivity contribution in [3.63, 3.8) is 0 Å². The Bertz CT molecular complexity index is 773. The summed E-state index contributed by atoms with van der Waals surface area (Å²) < 4.78 is 11.1. The van der Waals surface area contributed by atoms with E-state index in [0.717, 1.165) is 17.7 Å². The zero-order valence-electron chi connectivity index (χ0n) is 14.9. The van der Waals surface area contributed by atoms with Gasteiger partial charge in [0.05, 0.1) is 6.04 Å². The number of benzene rings is 2. The number of amides is 1. The quantitative estimate of drug-likeness (QED) is 0.771. The van der Waals surface area contributed by atoms with Gasteiger partial charge in [0.2, 0.25) is 5.91 Å². The predicted octanol–water partition coefficient (Wildman–Crippen LogP) is 3.69. The van der Waals surface area contributed by atoms with Gasteiger partial charge in [0, 0.05) is 18.4 Å². The van der Waals surface area contributed by atoms with Crippen LogP contribution in [0.4, 0.5) is 0 Å². The number of hydrogen-bond donors (Lipinski definition) is 1. The lowest BCUT2D eigenvalue weighted by atomic mass is 10.0. The predicted molar refractivity (Wildman–Crippen MR) is 98.6 cm³/mol. The fourth-order valence-corrected chi connectivity index (χ4v) is 2.96. The van der Waals surface area contributed by atoms with Crippen molar-refractivity contribution in [1.29, 1.82) is 0 Å². The van der Waals surface area contributed by atoms with Crippen molar-refractivity contribution in [1.82, 2.24) is 5.32 Å². The van der Waals surface area contributed by atoms with Crippen LogP contribution in [0.15, 0.2) is 48.5 Å². The number of carbonyl (C=O) groups excluding carboxylic acids is 2. The molecule has 0 saturated heterocycles. The van der Waals surface area contributed by atoms with E-state index >= 15 is 0 Å². The van der Waals surface area contributed by atoms with Gasteiger partial charge in [-0.25, -0.2) is 0 Å². The molecule has 1 aliphatic heterocycles. The van der Waals surface area contributed by atoms with Crippen LogP contribution in [0.2, 0.25) is 0 Å². The molecule has 1 N–H and O–H groups in total. The van der Waals surface area contributed by atoms with Crippen molar-refractivity contribution in [2.75, 3.05) is 13.2 Å². The molecule has 0 fully saturated rings. The summed E-state index contributed by atoms with van der Waals surface area (Å²) in [5, 5.41) is 3.01. The molecule has 136 valence electrons. The third-order valence-electron chi connectivity index (χ3n) is 4.39. The van der Waals surface area contributed by atoms with Gasteiger partial charge >= 0.3 is 0 Å². The van der Waals surface area contributed by atoms with Gasteiger partial charge in [-0.3, -0.25) is 9.59 Å². The van der Waals surface area contributed by atoms with E-state index in [1.807, 2.05) is 43.3 Å². The van der Waals surface area contributed by atoms with Gasteiger partial charge in [-0.05, 0) is 24.1 Å². The van der Waals surface area contributed by atoms with Gasteiger partial charge < -0.3 is 14.8 Å². The number of ketones is 1. The monoisotopic (exact) mass is 353 g/mol. The number of carbonyl (C=O) groups is 2. The molecule has 1 atom stereocenters. The van der Waals surface area contributed by atoms with E-state index in [1.165, 1.54) is 0 Å². The zero-order chi connectivity index (χ0) is 18.4. The van der Waals surface area contributed by atoms with Gasteiger partial charge in [-0.1, -0.05) is 43.3 Å². The molecule has 0 radical (unpaired) electrons. The zero-order valence-corrected chi connectivity index (χ0v) is 14.9. The van der Waals surface area contributed by atoms with Gasteiger partial charge in [-0.15, -0.1) is 0 Å². The summed E-state index contributed by atoms with van der Waals surface area (Å²) in [6.07, 6.45) is 1.13. The minimum absolute atomic E-state index is 0.0203. The largest absolute Gasteiger partial charge is 0.486 e. The standard InChI is InChI=1S/C21H23NO4/c1-2-17(16-8-10-19-20(14-16)26-13-12-25-19)22-21(24)11-9-18(23)15-6-4-3-5-7-15/h3-8,10,14,17H,2,9,11-13H2,1H3,(H,22,24). The summed E-state index contributed by atoms with van der Waals surface area (Å²) in [5.41, 5.74) is 1.61. The first-order valence-electron chi connectivity index (χ1n) is 8.94. The van der Waals surface area contributed by atoms with Crippen molar-refractivity contribution in [2.24, 2.45) is 0 Å². The minimum atomic E-state index is -0.129. The molecule has 0 aliphatic carbocycles. The SMILES string of the molecule is CCC(NC(=O)CCC(=O)c1ccccc1)c1ccc2c(c1)OCCO2. The van der Waals surface area contributed by atoms with Crippen LogP contribution in [0.5, 0.6) is 11.5 Å². The summed E-state index contributed by atoms with van der Waals surface area (Å²) in [6, 6.07) is 14.7. The number of fused-ring (bicyclic) bond motifs is 1. The lowest BCUT2D eigenvalue weighted by Gasteiger charge is -2.22. The molecule has 1 heterocycles. The molecule has 0 saturated carbocycles. The topological polar surface area (TPSA) is 64.6 Å². The van der Waals surface area contributed by atoms with E-state index < -0.39 is 0 Å². The molecule has 0 spiro atoms. The lowest BCUT2D eigenvalue weighted by molar-refractivity contribution is -0.121. The molecule has 5 heteroatoms. The van der Waals surface area contributed by atoms with Crippen molar-refractivity contribution in [3.8, 4) is 11.5 Å². The van der Waals surface area contributed by atoms with Crippen molar-refractivity contribution in [3.05, 3.63) is 59.7 Å². The van der Waals surface area contributed by atoms with Gasteiger partial charge in [0.1, 0.15) is 13.2 Å². The molecule has 26 heavy (non-hydrogen) atoms. The third-order valence-corrected chi connectivity index (χ3v) is 4.39. The fraction of sp³-hybridized carbons (Fsp3) is 0.333. The molecule has 1 aliphatic rings. The normalized spacial score (nSPS) is 13.7. The van der Waals surface area contributed by atoms with Crippen molar-refractivity contribution < 1.29 is 19.1 Å². The van der Waals surface area contributed by atoms with Crippen molar-refractivity contribution >= 4 is 11.7 Å². The van der Waals surface area contributed by atoms with E-state index in [1.54, 1.807) is 12.1 Å².